The Morgan fingerprint density at radius 3 is 2.28 bits per heavy atom. The second-order valence-electron chi connectivity index (χ2n) is 8.31. The van der Waals surface area contributed by atoms with Gasteiger partial charge in [-0.05, 0) is 63.4 Å². The van der Waals surface area contributed by atoms with Gasteiger partial charge in [-0.2, -0.15) is 13.2 Å². The highest BCUT2D eigenvalue weighted by Crippen LogP contribution is 2.47. The van der Waals surface area contributed by atoms with Gasteiger partial charge in [0, 0.05) is 23.1 Å². The SMILES string of the molecule is CC1CCCN1C(C)(C)C(c1ccccc1)c1c(C(N)=O)cccc1C(F)(F)F. The molecule has 1 aliphatic heterocycles. The zero-order chi connectivity index (χ0) is 21.4. The number of hydrogen-bond acceptors (Lipinski definition) is 2. The van der Waals surface area contributed by atoms with Gasteiger partial charge in [-0.25, -0.2) is 0 Å². The highest BCUT2D eigenvalue weighted by Gasteiger charge is 2.46. The van der Waals surface area contributed by atoms with Gasteiger partial charge < -0.3 is 5.73 Å². The van der Waals surface area contributed by atoms with Crippen molar-refractivity contribution in [3.8, 4) is 0 Å². The number of benzene rings is 2. The predicted molar refractivity (Wildman–Crippen MR) is 108 cm³/mol. The number of nitrogens with two attached hydrogens (primary N) is 1. The van der Waals surface area contributed by atoms with E-state index in [4.69, 9.17) is 5.73 Å². The lowest BCUT2D eigenvalue weighted by Gasteiger charge is -2.46. The van der Waals surface area contributed by atoms with E-state index in [0.717, 1.165) is 31.0 Å². The fourth-order valence-electron chi connectivity index (χ4n) is 4.87. The Labute approximate surface area is 169 Å². The Morgan fingerprint density at radius 1 is 1.10 bits per heavy atom. The number of alkyl halides is 3. The Morgan fingerprint density at radius 2 is 1.76 bits per heavy atom. The van der Waals surface area contributed by atoms with E-state index in [1.807, 2.05) is 44.2 Å². The summed E-state index contributed by atoms with van der Waals surface area (Å²) in [6.07, 6.45) is -2.61. The number of amides is 1. The first-order valence-electron chi connectivity index (χ1n) is 9.86. The van der Waals surface area contributed by atoms with Crippen molar-refractivity contribution >= 4 is 5.91 Å². The van der Waals surface area contributed by atoms with Crippen LogP contribution in [-0.2, 0) is 6.18 Å². The zero-order valence-corrected chi connectivity index (χ0v) is 17.0. The van der Waals surface area contributed by atoms with Crippen LogP contribution in [0.2, 0.25) is 0 Å². The summed E-state index contributed by atoms with van der Waals surface area (Å²) in [4.78, 5) is 14.4. The molecule has 1 amide bonds. The van der Waals surface area contributed by atoms with Gasteiger partial charge in [0.15, 0.2) is 0 Å². The molecule has 0 saturated carbocycles. The highest BCUT2D eigenvalue weighted by molar-refractivity contribution is 5.95. The highest BCUT2D eigenvalue weighted by atomic mass is 19.4. The van der Waals surface area contributed by atoms with Gasteiger partial charge in [-0.3, -0.25) is 9.69 Å². The Hall–Kier alpha value is -2.34. The number of halogens is 3. The topological polar surface area (TPSA) is 46.3 Å². The van der Waals surface area contributed by atoms with Gasteiger partial charge in [0.25, 0.3) is 0 Å². The fourth-order valence-corrected chi connectivity index (χ4v) is 4.87. The van der Waals surface area contributed by atoms with Crippen molar-refractivity contribution < 1.29 is 18.0 Å². The van der Waals surface area contributed by atoms with E-state index in [0.29, 0.717) is 0 Å². The van der Waals surface area contributed by atoms with Crippen LogP contribution in [0.25, 0.3) is 0 Å². The molecule has 0 spiro atoms. The van der Waals surface area contributed by atoms with Crippen molar-refractivity contribution in [3.05, 3.63) is 70.8 Å². The van der Waals surface area contributed by atoms with E-state index in [1.54, 1.807) is 0 Å². The van der Waals surface area contributed by atoms with Crippen molar-refractivity contribution in [2.45, 2.75) is 57.3 Å². The first-order chi connectivity index (χ1) is 13.5. The van der Waals surface area contributed by atoms with Crippen LogP contribution < -0.4 is 5.73 Å². The Balaban J connectivity index is 2.33. The predicted octanol–water partition coefficient (Wildman–Crippen LogP) is 5.20. The molecule has 2 unspecified atom stereocenters. The first-order valence-corrected chi connectivity index (χ1v) is 9.86. The van der Waals surface area contributed by atoms with Crippen molar-refractivity contribution in [1.82, 2.24) is 4.90 Å². The van der Waals surface area contributed by atoms with E-state index in [9.17, 15) is 18.0 Å². The molecule has 0 radical (unpaired) electrons. The maximum absolute atomic E-state index is 14.0. The minimum absolute atomic E-state index is 0.0391. The molecule has 0 aliphatic carbocycles. The molecule has 1 fully saturated rings. The summed E-state index contributed by atoms with van der Waals surface area (Å²) in [7, 11) is 0. The lowest BCUT2D eigenvalue weighted by molar-refractivity contribution is -0.138. The molecule has 29 heavy (non-hydrogen) atoms. The second kappa shape index (κ2) is 7.82. The average Bonchev–Trinajstić information content (AvgIpc) is 3.08. The van der Waals surface area contributed by atoms with Crippen LogP contribution in [0.4, 0.5) is 13.2 Å². The third-order valence-electron chi connectivity index (χ3n) is 6.10. The smallest absolute Gasteiger partial charge is 0.366 e. The maximum Gasteiger partial charge on any atom is 0.416 e. The first kappa shape index (κ1) is 21.4. The molecule has 1 aliphatic rings. The van der Waals surface area contributed by atoms with E-state index >= 15 is 0 Å². The van der Waals surface area contributed by atoms with E-state index in [1.165, 1.54) is 12.1 Å². The number of nitrogens with zero attached hydrogens (tertiary/aromatic N) is 1. The summed E-state index contributed by atoms with van der Waals surface area (Å²) in [5.74, 6) is -1.53. The molecule has 3 nitrogen and oxygen atoms in total. The number of carbonyl (C=O) groups is 1. The van der Waals surface area contributed by atoms with Crippen LogP contribution in [0, 0.1) is 0 Å². The molecule has 6 heteroatoms. The van der Waals surface area contributed by atoms with Gasteiger partial charge >= 0.3 is 6.18 Å². The monoisotopic (exact) mass is 404 g/mol. The molecule has 1 saturated heterocycles. The van der Waals surface area contributed by atoms with Crippen LogP contribution in [0.5, 0.6) is 0 Å². The largest absolute Gasteiger partial charge is 0.416 e. The molecule has 156 valence electrons. The van der Waals surface area contributed by atoms with E-state index < -0.39 is 29.1 Å². The molecular formula is C23H27F3N2O. The third kappa shape index (κ3) is 4.04. The van der Waals surface area contributed by atoms with Crippen LogP contribution >= 0.6 is 0 Å². The lowest BCUT2D eigenvalue weighted by Crippen LogP contribution is -2.51. The van der Waals surface area contributed by atoms with Crippen molar-refractivity contribution in [2.24, 2.45) is 5.73 Å². The Bertz CT molecular complexity index is 877. The molecule has 3 rings (SSSR count). The summed E-state index contributed by atoms with van der Waals surface area (Å²) >= 11 is 0. The molecule has 1 heterocycles. The van der Waals surface area contributed by atoms with E-state index in [-0.39, 0.29) is 17.2 Å². The number of likely N-dealkylation sites (tertiary alicyclic amines) is 1. The molecular weight excluding hydrogens is 377 g/mol. The second-order valence-corrected chi connectivity index (χ2v) is 8.31. The van der Waals surface area contributed by atoms with Gasteiger partial charge in [-0.15, -0.1) is 0 Å². The number of rotatable bonds is 5. The molecule has 2 aromatic rings. The number of hydrogen-bond donors (Lipinski definition) is 1. The molecule has 0 aromatic heterocycles. The summed E-state index contributed by atoms with van der Waals surface area (Å²) < 4.78 is 42.1. The van der Waals surface area contributed by atoms with Gasteiger partial charge in [0.1, 0.15) is 0 Å². The number of primary amides is 1. The van der Waals surface area contributed by atoms with Crippen LogP contribution in [0.15, 0.2) is 48.5 Å². The minimum atomic E-state index is -4.60. The fraction of sp³-hybridized carbons (Fsp3) is 0.435. The maximum atomic E-state index is 14.0. The third-order valence-corrected chi connectivity index (χ3v) is 6.10. The Kier molecular flexibility index (Phi) is 5.77. The number of carbonyl (C=O) groups excluding carboxylic acids is 1. The van der Waals surface area contributed by atoms with Crippen LogP contribution in [0.1, 0.15) is 66.6 Å². The quantitative estimate of drug-likeness (QED) is 0.745. The van der Waals surface area contributed by atoms with Crippen molar-refractivity contribution in [3.63, 3.8) is 0 Å². The normalized spacial score (nSPS) is 19.3. The zero-order valence-electron chi connectivity index (χ0n) is 17.0. The van der Waals surface area contributed by atoms with Crippen LogP contribution in [0.3, 0.4) is 0 Å². The van der Waals surface area contributed by atoms with Gasteiger partial charge in [0.05, 0.1) is 5.56 Å². The van der Waals surface area contributed by atoms with Crippen LogP contribution in [-0.4, -0.2) is 28.9 Å². The molecule has 2 N–H and O–H groups in total. The summed E-state index contributed by atoms with van der Waals surface area (Å²) in [5, 5.41) is 0. The molecule has 2 atom stereocenters. The summed E-state index contributed by atoms with van der Waals surface area (Å²) in [6, 6.07) is 13.0. The summed E-state index contributed by atoms with van der Waals surface area (Å²) in [6.45, 7) is 6.83. The molecule has 2 aromatic carbocycles. The van der Waals surface area contributed by atoms with Gasteiger partial charge in [-0.1, -0.05) is 36.4 Å². The lowest BCUT2D eigenvalue weighted by atomic mass is 9.72. The van der Waals surface area contributed by atoms with E-state index in [2.05, 4.69) is 11.8 Å². The minimum Gasteiger partial charge on any atom is -0.366 e. The standard InChI is InChI=1S/C23H27F3N2O/c1-15-9-8-14-28(15)22(2,3)20(16-10-5-4-6-11-16)19-17(21(27)29)12-7-13-18(19)23(24,25)26/h4-7,10-13,15,20H,8-9,14H2,1-3H3,(H2,27,29). The average molecular weight is 404 g/mol. The summed E-state index contributed by atoms with van der Waals surface area (Å²) in [5.41, 5.74) is 4.70. The van der Waals surface area contributed by atoms with Gasteiger partial charge in [0.2, 0.25) is 5.91 Å². The van der Waals surface area contributed by atoms with Crippen molar-refractivity contribution in [1.29, 1.82) is 0 Å². The molecule has 0 bridgehead atoms. The van der Waals surface area contributed by atoms with Crippen molar-refractivity contribution in [2.75, 3.05) is 6.54 Å².